The van der Waals surface area contributed by atoms with Crippen LogP contribution in [-0.2, 0) is 9.47 Å². The van der Waals surface area contributed by atoms with Crippen molar-refractivity contribution in [3.8, 4) is 5.75 Å². The number of methoxy groups -OCH3 is 1. The molecule has 0 bridgehead atoms. The van der Waals surface area contributed by atoms with E-state index in [4.69, 9.17) is 14.2 Å². The fraction of sp³-hybridized carbons (Fsp3) is 0.625. The van der Waals surface area contributed by atoms with Gasteiger partial charge in [0.15, 0.2) is 0 Å². The second-order valence-corrected chi connectivity index (χ2v) is 6.11. The van der Waals surface area contributed by atoms with Crippen molar-refractivity contribution in [3.05, 3.63) is 28.2 Å². The van der Waals surface area contributed by atoms with E-state index < -0.39 is 6.10 Å². The zero-order valence-corrected chi connectivity index (χ0v) is 14.0. The quantitative estimate of drug-likeness (QED) is 0.722. The largest absolute Gasteiger partial charge is 0.490 e. The molecule has 1 N–H and O–H groups in total. The van der Waals surface area contributed by atoms with E-state index in [9.17, 15) is 5.11 Å². The Hall–Kier alpha value is -0.620. The van der Waals surface area contributed by atoms with E-state index in [1.54, 1.807) is 7.11 Å². The Balaban J connectivity index is 1.85. The van der Waals surface area contributed by atoms with Crippen molar-refractivity contribution in [3.63, 3.8) is 0 Å². The normalized spacial score (nSPS) is 19.7. The number of hydrogen-bond donors (Lipinski definition) is 1. The summed E-state index contributed by atoms with van der Waals surface area (Å²) in [5.74, 6) is 0.766. The molecule has 0 radical (unpaired) electrons. The maximum atomic E-state index is 10.3. The van der Waals surface area contributed by atoms with E-state index in [1.165, 1.54) is 0 Å². The second-order valence-electron chi connectivity index (χ2n) is 5.26. The molecule has 1 fully saturated rings. The van der Waals surface area contributed by atoms with Crippen molar-refractivity contribution in [2.45, 2.75) is 37.9 Å². The van der Waals surface area contributed by atoms with Crippen molar-refractivity contribution < 1.29 is 19.3 Å². The van der Waals surface area contributed by atoms with Crippen molar-refractivity contribution in [1.82, 2.24) is 0 Å². The first-order chi connectivity index (χ1) is 10.2. The fourth-order valence-corrected chi connectivity index (χ4v) is 2.97. The Kier molecular flexibility index (Phi) is 6.96. The Morgan fingerprint density at radius 1 is 1.43 bits per heavy atom. The van der Waals surface area contributed by atoms with E-state index in [-0.39, 0.29) is 0 Å². The molecule has 0 aliphatic carbocycles. The molecule has 1 saturated heterocycles. The third-order valence-electron chi connectivity index (χ3n) is 3.67. The number of aliphatic hydroxyl groups excluding tert-OH is 1. The van der Waals surface area contributed by atoms with Crippen molar-refractivity contribution >= 4 is 15.9 Å². The molecule has 1 heterocycles. The molecule has 1 aliphatic rings. The highest BCUT2D eigenvalue weighted by Gasteiger charge is 2.18. The smallest absolute Gasteiger partial charge is 0.133 e. The Bertz CT molecular complexity index is 432. The van der Waals surface area contributed by atoms with Gasteiger partial charge in [-0.25, -0.2) is 0 Å². The van der Waals surface area contributed by atoms with Gasteiger partial charge in [-0.3, -0.25) is 0 Å². The van der Waals surface area contributed by atoms with Gasteiger partial charge in [-0.05, 0) is 59.3 Å². The highest BCUT2D eigenvalue weighted by Crippen LogP contribution is 2.30. The Morgan fingerprint density at radius 2 is 2.29 bits per heavy atom. The summed E-state index contributed by atoms with van der Waals surface area (Å²) in [6.07, 6.45) is 3.74. The monoisotopic (exact) mass is 358 g/mol. The Morgan fingerprint density at radius 3 is 2.95 bits per heavy atom. The van der Waals surface area contributed by atoms with E-state index >= 15 is 0 Å². The number of halogens is 1. The number of hydrogen-bond acceptors (Lipinski definition) is 4. The summed E-state index contributed by atoms with van der Waals surface area (Å²) in [7, 11) is 1.64. The van der Waals surface area contributed by atoms with Crippen LogP contribution in [0, 0.1) is 0 Å². The average molecular weight is 359 g/mol. The van der Waals surface area contributed by atoms with Gasteiger partial charge in [0.25, 0.3) is 0 Å². The first-order valence-electron chi connectivity index (χ1n) is 7.41. The summed E-state index contributed by atoms with van der Waals surface area (Å²) in [6.45, 7) is 1.92. The first-order valence-corrected chi connectivity index (χ1v) is 8.21. The highest BCUT2D eigenvalue weighted by atomic mass is 79.9. The van der Waals surface area contributed by atoms with Crippen molar-refractivity contribution in [2.75, 3.05) is 26.9 Å². The van der Waals surface area contributed by atoms with Crippen molar-refractivity contribution in [2.24, 2.45) is 0 Å². The molecule has 4 nitrogen and oxygen atoms in total. The molecule has 21 heavy (non-hydrogen) atoms. The van der Waals surface area contributed by atoms with Crippen LogP contribution in [0.1, 0.15) is 37.4 Å². The van der Waals surface area contributed by atoms with Crippen LogP contribution in [0.2, 0.25) is 0 Å². The van der Waals surface area contributed by atoms with Crippen LogP contribution in [0.4, 0.5) is 0 Å². The molecular weight excluding hydrogens is 336 g/mol. The van der Waals surface area contributed by atoms with Crippen LogP contribution in [0.3, 0.4) is 0 Å². The maximum Gasteiger partial charge on any atom is 0.133 e. The van der Waals surface area contributed by atoms with Gasteiger partial charge in [-0.15, -0.1) is 0 Å². The van der Waals surface area contributed by atoms with Gasteiger partial charge in [0.1, 0.15) is 12.4 Å². The van der Waals surface area contributed by atoms with E-state index in [0.29, 0.717) is 19.3 Å². The standard InChI is InChI=1S/C16H23BrO4/c1-19-9-10-21-16-7-4-12(11-14(16)17)15(18)6-5-13-3-2-8-20-13/h4,7,11,13,15,18H,2-3,5-6,8-10H2,1H3. The van der Waals surface area contributed by atoms with Gasteiger partial charge in [-0.2, -0.15) is 0 Å². The minimum atomic E-state index is -0.460. The Labute approximate surface area is 134 Å². The zero-order valence-electron chi connectivity index (χ0n) is 12.4. The molecule has 2 atom stereocenters. The number of ether oxygens (including phenoxy) is 3. The summed E-state index contributed by atoms with van der Waals surface area (Å²) in [4.78, 5) is 0. The zero-order chi connectivity index (χ0) is 15.1. The van der Waals surface area contributed by atoms with Gasteiger partial charge in [0.2, 0.25) is 0 Å². The van der Waals surface area contributed by atoms with Crippen LogP contribution in [0.15, 0.2) is 22.7 Å². The second kappa shape index (κ2) is 8.73. The van der Waals surface area contributed by atoms with E-state index in [0.717, 1.165) is 48.1 Å². The van der Waals surface area contributed by atoms with E-state index in [2.05, 4.69) is 15.9 Å². The van der Waals surface area contributed by atoms with Gasteiger partial charge in [-0.1, -0.05) is 6.07 Å². The van der Waals surface area contributed by atoms with Crippen LogP contribution in [-0.4, -0.2) is 38.1 Å². The number of aliphatic hydroxyl groups is 1. The topological polar surface area (TPSA) is 47.9 Å². The molecule has 0 amide bonds. The number of benzene rings is 1. The fourth-order valence-electron chi connectivity index (χ4n) is 2.46. The third-order valence-corrected chi connectivity index (χ3v) is 4.29. The van der Waals surface area contributed by atoms with Gasteiger partial charge < -0.3 is 19.3 Å². The third kappa shape index (κ3) is 5.25. The lowest BCUT2D eigenvalue weighted by molar-refractivity contribution is 0.0812. The van der Waals surface area contributed by atoms with Crippen LogP contribution in [0.5, 0.6) is 5.75 Å². The predicted molar refractivity (Wildman–Crippen MR) is 84.7 cm³/mol. The molecule has 1 aromatic rings. The molecular formula is C16H23BrO4. The van der Waals surface area contributed by atoms with Gasteiger partial charge in [0.05, 0.1) is 23.3 Å². The van der Waals surface area contributed by atoms with Gasteiger partial charge >= 0.3 is 0 Å². The lowest BCUT2D eigenvalue weighted by Gasteiger charge is -2.15. The summed E-state index contributed by atoms with van der Waals surface area (Å²) >= 11 is 3.48. The molecule has 0 saturated carbocycles. The molecule has 0 spiro atoms. The highest BCUT2D eigenvalue weighted by molar-refractivity contribution is 9.10. The van der Waals surface area contributed by atoms with Crippen LogP contribution < -0.4 is 4.74 Å². The van der Waals surface area contributed by atoms with Crippen molar-refractivity contribution in [1.29, 1.82) is 0 Å². The van der Waals surface area contributed by atoms with Crippen LogP contribution >= 0.6 is 15.9 Å². The summed E-state index contributed by atoms with van der Waals surface area (Å²) in [5, 5.41) is 10.3. The molecule has 5 heteroatoms. The molecule has 1 aliphatic heterocycles. The molecule has 1 aromatic carbocycles. The average Bonchev–Trinajstić information content (AvgIpc) is 3.00. The lowest BCUT2D eigenvalue weighted by atomic mass is 10.0. The predicted octanol–water partition coefficient (Wildman–Crippen LogP) is 3.47. The summed E-state index contributed by atoms with van der Waals surface area (Å²) < 4.78 is 17.0. The SMILES string of the molecule is COCCOc1ccc(C(O)CCC2CCCO2)cc1Br. The summed E-state index contributed by atoms with van der Waals surface area (Å²) in [5.41, 5.74) is 0.902. The minimum absolute atomic E-state index is 0.319. The van der Waals surface area contributed by atoms with Crippen LogP contribution in [0.25, 0.3) is 0 Å². The molecule has 0 aromatic heterocycles. The maximum absolute atomic E-state index is 10.3. The molecule has 2 unspecified atom stereocenters. The number of rotatable bonds is 8. The minimum Gasteiger partial charge on any atom is -0.490 e. The molecule has 118 valence electrons. The van der Waals surface area contributed by atoms with E-state index in [1.807, 2.05) is 18.2 Å². The molecule has 2 rings (SSSR count). The van der Waals surface area contributed by atoms with Gasteiger partial charge in [0, 0.05) is 13.7 Å². The first kappa shape index (κ1) is 16.7. The summed E-state index contributed by atoms with van der Waals surface area (Å²) in [6, 6.07) is 5.71. The lowest BCUT2D eigenvalue weighted by Crippen LogP contribution is -2.08.